The maximum Gasteiger partial charge on any atom is 0.180 e. The molecule has 0 aliphatic rings. The lowest BCUT2D eigenvalue weighted by Gasteiger charge is -2.13. The van der Waals surface area contributed by atoms with Crippen LogP contribution in [0.1, 0.15) is 26.5 Å². The highest BCUT2D eigenvalue weighted by atomic mass is 127. The Labute approximate surface area is 133 Å². The van der Waals surface area contributed by atoms with Crippen molar-refractivity contribution in [3.05, 3.63) is 33.7 Å². The molecular formula is C15H19IN4. The molecule has 0 bridgehead atoms. The molecule has 4 nitrogen and oxygen atoms in total. The largest absolute Gasteiger partial charge is 0.369 e. The van der Waals surface area contributed by atoms with Gasteiger partial charge in [0.25, 0.3) is 0 Å². The van der Waals surface area contributed by atoms with Crippen LogP contribution in [0.15, 0.2) is 24.4 Å². The van der Waals surface area contributed by atoms with Gasteiger partial charge >= 0.3 is 0 Å². The van der Waals surface area contributed by atoms with Crippen molar-refractivity contribution in [2.75, 3.05) is 11.9 Å². The molecular weight excluding hydrogens is 363 g/mol. The van der Waals surface area contributed by atoms with Gasteiger partial charge in [-0.05, 0) is 54.0 Å². The van der Waals surface area contributed by atoms with Crippen LogP contribution in [0.25, 0.3) is 11.5 Å². The molecule has 2 aromatic rings. The van der Waals surface area contributed by atoms with E-state index in [2.05, 4.69) is 58.6 Å². The minimum Gasteiger partial charge on any atom is -0.369 e. The van der Waals surface area contributed by atoms with Crippen LogP contribution < -0.4 is 5.32 Å². The minimum atomic E-state index is 0.560. The van der Waals surface area contributed by atoms with Gasteiger partial charge in [0.05, 0.1) is 9.26 Å². The van der Waals surface area contributed by atoms with E-state index >= 15 is 0 Å². The van der Waals surface area contributed by atoms with Crippen molar-refractivity contribution in [2.24, 2.45) is 5.92 Å². The summed E-state index contributed by atoms with van der Waals surface area (Å²) >= 11 is 2.33. The number of anilines is 1. The predicted octanol–water partition coefficient (Wildman–Crippen LogP) is 3.77. The highest BCUT2D eigenvalue weighted by molar-refractivity contribution is 14.1. The maximum absolute atomic E-state index is 4.70. The van der Waals surface area contributed by atoms with Crippen molar-refractivity contribution in [1.82, 2.24) is 15.0 Å². The summed E-state index contributed by atoms with van der Waals surface area (Å²) in [6.45, 7) is 7.31. The average Bonchev–Trinajstić information content (AvgIpc) is 2.44. The van der Waals surface area contributed by atoms with E-state index in [1.165, 1.54) is 0 Å². The highest BCUT2D eigenvalue weighted by Gasteiger charge is 2.14. The summed E-state index contributed by atoms with van der Waals surface area (Å²) in [5.41, 5.74) is 1.90. The Morgan fingerprint density at radius 3 is 2.65 bits per heavy atom. The molecule has 0 amide bonds. The van der Waals surface area contributed by atoms with E-state index < -0.39 is 0 Å². The van der Waals surface area contributed by atoms with Crippen LogP contribution in [-0.2, 0) is 6.42 Å². The van der Waals surface area contributed by atoms with Gasteiger partial charge in [-0.2, -0.15) is 0 Å². The summed E-state index contributed by atoms with van der Waals surface area (Å²) in [4.78, 5) is 13.7. The third-order valence-electron chi connectivity index (χ3n) is 2.76. The molecule has 5 heteroatoms. The lowest BCUT2D eigenvalue weighted by Crippen LogP contribution is -2.10. The normalized spacial score (nSPS) is 10.8. The Kier molecular flexibility index (Phi) is 5.28. The molecule has 20 heavy (non-hydrogen) atoms. The van der Waals surface area contributed by atoms with Gasteiger partial charge in [-0.3, -0.25) is 4.98 Å². The Hall–Kier alpha value is -1.24. The molecule has 0 saturated carbocycles. The molecule has 1 N–H and O–H groups in total. The maximum atomic E-state index is 4.70. The lowest BCUT2D eigenvalue weighted by molar-refractivity contribution is 0.632. The van der Waals surface area contributed by atoms with Gasteiger partial charge in [0.15, 0.2) is 5.82 Å². The molecule has 0 saturated heterocycles. The number of pyridine rings is 1. The number of rotatable bonds is 5. The summed E-state index contributed by atoms with van der Waals surface area (Å²) in [6, 6.07) is 5.80. The fourth-order valence-corrected chi connectivity index (χ4v) is 2.56. The quantitative estimate of drug-likeness (QED) is 0.800. The Bertz CT molecular complexity index is 570. The Balaban J connectivity index is 2.49. The van der Waals surface area contributed by atoms with Gasteiger partial charge in [-0.15, -0.1) is 0 Å². The van der Waals surface area contributed by atoms with Crippen LogP contribution in [0, 0.1) is 9.49 Å². The Morgan fingerprint density at radius 2 is 2.05 bits per heavy atom. The molecule has 0 fully saturated rings. The van der Waals surface area contributed by atoms with E-state index in [9.17, 15) is 0 Å². The van der Waals surface area contributed by atoms with E-state index in [1.807, 2.05) is 18.2 Å². The number of halogens is 1. The first-order valence-electron chi connectivity index (χ1n) is 6.83. The zero-order valence-electron chi connectivity index (χ0n) is 12.0. The third kappa shape index (κ3) is 3.65. The molecule has 0 aromatic carbocycles. The first-order valence-corrected chi connectivity index (χ1v) is 7.91. The zero-order valence-corrected chi connectivity index (χ0v) is 14.2. The fourth-order valence-electron chi connectivity index (χ4n) is 1.91. The molecule has 0 atom stereocenters. The van der Waals surface area contributed by atoms with Crippen LogP contribution in [0.4, 0.5) is 5.82 Å². The highest BCUT2D eigenvalue weighted by Crippen LogP contribution is 2.24. The van der Waals surface area contributed by atoms with Gasteiger partial charge in [-0.25, -0.2) is 9.97 Å². The first-order chi connectivity index (χ1) is 9.61. The van der Waals surface area contributed by atoms with Gasteiger partial charge in [0.1, 0.15) is 11.5 Å². The molecule has 0 unspecified atom stereocenters. The summed E-state index contributed by atoms with van der Waals surface area (Å²) in [7, 11) is 0. The second kappa shape index (κ2) is 6.97. The van der Waals surface area contributed by atoms with Crippen LogP contribution in [0.5, 0.6) is 0 Å². The van der Waals surface area contributed by atoms with E-state index in [-0.39, 0.29) is 0 Å². The average molecular weight is 382 g/mol. The topological polar surface area (TPSA) is 50.7 Å². The van der Waals surface area contributed by atoms with E-state index in [0.717, 1.165) is 33.7 Å². The van der Waals surface area contributed by atoms with Crippen LogP contribution in [0.2, 0.25) is 0 Å². The van der Waals surface area contributed by atoms with Gasteiger partial charge in [0, 0.05) is 12.7 Å². The number of hydrogen-bond donors (Lipinski definition) is 1. The standard InChI is InChI=1S/C15H19IN4/c1-4-17-15-13(16)12(9-10(2)3)19-14(20-15)11-7-5-6-8-18-11/h5-8,10H,4,9H2,1-3H3,(H,17,19,20). The molecule has 2 heterocycles. The molecule has 0 aliphatic carbocycles. The predicted molar refractivity (Wildman–Crippen MR) is 90.7 cm³/mol. The molecule has 2 rings (SSSR count). The second-order valence-corrected chi connectivity index (χ2v) is 6.08. The lowest BCUT2D eigenvalue weighted by atomic mass is 10.1. The van der Waals surface area contributed by atoms with E-state index in [0.29, 0.717) is 11.7 Å². The minimum absolute atomic E-state index is 0.560. The third-order valence-corrected chi connectivity index (χ3v) is 3.89. The van der Waals surface area contributed by atoms with Crippen LogP contribution >= 0.6 is 22.6 Å². The van der Waals surface area contributed by atoms with E-state index in [4.69, 9.17) is 4.98 Å². The van der Waals surface area contributed by atoms with Crippen LogP contribution in [-0.4, -0.2) is 21.5 Å². The summed E-state index contributed by atoms with van der Waals surface area (Å²) in [6.07, 6.45) is 2.71. The van der Waals surface area contributed by atoms with Crippen molar-refractivity contribution < 1.29 is 0 Å². The van der Waals surface area contributed by atoms with E-state index in [1.54, 1.807) is 6.20 Å². The van der Waals surface area contributed by atoms with Crippen molar-refractivity contribution in [1.29, 1.82) is 0 Å². The zero-order chi connectivity index (χ0) is 14.5. The SMILES string of the molecule is CCNc1nc(-c2ccccn2)nc(CC(C)C)c1I. The fraction of sp³-hybridized carbons (Fsp3) is 0.400. The summed E-state index contributed by atoms with van der Waals surface area (Å²) in [5.74, 6) is 2.15. The van der Waals surface area contributed by atoms with Crippen molar-refractivity contribution in [3.8, 4) is 11.5 Å². The molecule has 0 aliphatic heterocycles. The van der Waals surface area contributed by atoms with Gasteiger partial charge < -0.3 is 5.32 Å². The molecule has 106 valence electrons. The summed E-state index contributed by atoms with van der Waals surface area (Å²) in [5, 5.41) is 3.31. The Morgan fingerprint density at radius 1 is 1.25 bits per heavy atom. The smallest absolute Gasteiger partial charge is 0.180 e. The van der Waals surface area contributed by atoms with Gasteiger partial charge in [-0.1, -0.05) is 19.9 Å². The number of hydrogen-bond acceptors (Lipinski definition) is 4. The molecule has 2 aromatic heterocycles. The molecule has 0 radical (unpaired) electrons. The summed E-state index contributed by atoms with van der Waals surface area (Å²) < 4.78 is 1.11. The number of nitrogens with one attached hydrogen (secondary N) is 1. The van der Waals surface area contributed by atoms with Crippen molar-refractivity contribution in [3.63, 3.8) is 0 Å². The monoisotopic (exact) mass is 382 g/mol. The molecule has 0 spiro atoms. The number of aromatic nitrogens is 3. The van der Waals surface area contributed by atoms with Crippen molar-refractivity contribution in [2.45, 2.75) is 27.2 Å². The van der Waals surface area contributed by atoms with Gasteiger partial charge in [0.2, 0.25) is 0 Å². The number of nitrogens with zero attached hydrogens (tertiary/aromatic N) is 3. The first kappa shape index (κ1) is 15.2. The van der Waals surface area contributed by atoms with Crippen LogP contribution in [0.3, 0.4) is 0 Å². The second-order valence-electron chi connectivity index (χ2n) is 5.00. The van der Waals surface area contributed by atoms with Crippen molar-refractivity contribution >= 4 is 28.4 Å².